The Morgan fingerprint density at radius 1 is 1.05 bits per heavy atom. The van der Waals surface area contributed by atoms with Crippen molar-refractivity contribution in [2.24, 2.45) is 0 Å². The van der Waals surface area contributed by atoms with Gasteiger partial charge < -0.3 is 9.84 Å². The summed E-state index contributed by atoms with van der Waals surface area (Å²) < 4.78 is 5.71. The Bertz CT molecular complexity index is 517. The maximum atomic E-state index is 9.96. The van der Waals surface area contributed by atoms with Crippen LogP contribution in [0.5, 0.6) is 5.75 Å². The lowest BCUT2D eigenvalue weighted by Gasteiger charge is -2.11. The first-order chi connectivity index (χ1) is 9.79. The molecule has 0 saturated heterocycles. The van der Waals surface area contributed by atoms with Crippen LogP contribution in [0.1, 0.15) is 30.1 Å². The number of rotatable bonds is 7. The first-order valence-corrected chi connectivity index (χ1v) is 6.85. The van der Waals surface area contributed by atoms with Gasteiger partial charge in [0.15, 0.2) is 0 Å². The largest absolute Gasteiger partial charge is 0.489 e. The van der Waals surface area contributed by atoms with Crippen molar-refractivity contribution >= 4 is 0 Å². The lowest BCUT2D eigenvalue weighted by atomic mass is 10.1. The van der Waals surface area contributed by atoms with E-state index in [2.05, 4.69) is 6.58 Å². The molecule has 1 unspecified atom stereocenters. The Balaban J connectivity index is 1.89. The molecular weight excluding hydrogens is 248 g/mol. The van der Waals surface area contributed by atoms with Gasteiger partial charge in [0.2, 0.25) is 0 Å². The third-order valence-corrected chi connectivity index (χ3v) is 3.16. The Hall–Kier alpha value is -2.06. The predicted molar refractivity (Wildman–Crippen MR) is 81.6 cm³/mol. The van der Waals surface area contributed by atoms with E-state index < -0.39 is 6.10 Å². The number of ether oxygens (including phenoxy) is 1. The fourth-order valence-corrected chi connectivity index (χ4v) is 1.97. The SMILES string of the molecule is C=CCCC(O)c1ccc(OCc2ccccc2)cc1. The molecule has 0 amide bonds. The van der Waals surface area contributed by atoms with E-state index in [0.717, 1.165) is 23.3 Å². The van der Waals surface area contributed by atoms with Crippen molar-refractivity contribution in [3.05, 3.63) is 78.4 Å². The van der Waals surface area contributed by atoms with E-state index in [-0.39, 0.29) is 0 Å². The molecule has 104 valence electrons. The monoisotopic (exact) mass is 268 g/mol. The molecule has 0 aliphatic heterocycles. The second-order valence-electron chi connectivity index (χ2n) is 4.73. The van der Waals surface area contributed by atoms with Gasteiger partial charge in [0.05, 0.1) is 6.10 Å². The zero-order valence-electron chi connectivity index (χ0n) is 11.5. The molecule has 0 spiro atoms. The van der Waals surface area contributed by atoms with E-state index in [0.29, 0.717) is 13.0 Å². The normalized spacial score (nSPS) is 11.8. The molecule has 0 bridgehead atoms. The Morgan fingerprint density at radius 2 is 1.75 bits per heavy atom. The molecule has 0 heterocycles. The summed E-state index contributed by atoms with van der Waals surface area (Å²) in [4.78, 5) is 0. The molecule has 2 heteroatoms. The molecule has 0 radical (unpaired) electrons. The van der Waals surface area contributed by atoms with Crippen molar-refractivity contribution in [1.82, 2.24) is 0 Å². The first kappa shape index (κ1) is 14.4. The van der Waals surface area contributed by atoms with E-state index in [1.165, 1.54) is 0 Å². The van der Waals surface area contributed by atoms with Gasteiger partial charge in [-0.15, -0.1) is 6.58 Å². The summed E-state index contributed by atoms with van der Waals surface area (Å²) in [7, 11) is 0. The maximum absolute atomic E-state index is 9.96. The van der Waals surface area contributed by atoms with Crippen molar-refractivity contribution in [2.45, 2.75) is 25.6 Å². The minimum Gasteiger partial charge on any atom is -0.489 e. The fourth-order valence-electron chi connectivity index (χ4n) is 1.97. The van der Waals surface area contributed by atoms with Crippen LogP contribution in [0.2, 0.25) is 0 Å². The van der Waals surface area contributed by atoms with Crippen LogP contribution >= 0.6 is 0 Å². The quantitative estimate of drug-likeness (QED) is 0.760. The van der Waals surface area contributed by atoms with Crippen LogP contribution in [0, 0.1) is 0 Å². The van der Waals surface area contributed by atoms with Crippen molar-refractivity contribution in [3.8, 4) is 5.75 Å². The molecule has 1 N–H and O–H groups in total. The highest BCUT2D eigenvalue weighted by Crippen LogP contribution is 2.21. The van der Waals surface area contributed by atoms with Gasteiger partial charge in [-0.1, -0.05) is 48.5 Å². The molecule has 2 aromatic rings. The summed E-state index contributed by atoms with van der Waals surface area (Å²) in [6.45, 7) is 4.22. The van der Waals surface area contributed by atoms with Crippen molar-refractivity contribution in [3.63, 3.8) is 0 Å². The summed E-state index contributed by atoms with van der Waals surface area (Å²) in [5.74, 6) is 0.813. The lowest BCUT2D eigenvalue weighted by molar-refractivity contribution is 0.168. The van der Waals surface area contributed by atoms with Crippen LogP contribution in [-0.2, 0) is 6.61 Å². The highest BCUT2D eigenvalue weighted by molar-refractivity contribution is 5.29. The number of benzene rings is 2. The van der Waals surface area contributed by atoms with Gasteiger partial charge in [-0.05, 0) is 36.1 Å². The van der Waals surface area contributed by atoms with Gasteiger partial charge in [0, 0.05) is 0 Å². The van der Waals surface area contributed by atoms with Crippen LogP contribution in [0.25, 0.3) is 0 Å². The van der Waals surface area contributed by atoms with E-state index in [1.807, 2.05) is 60.7 Å². The van der Waals surface area contributed by atoms with Gasteiger partial charge in [-0.2, -0.15) is 0 Å². The molecule has 2 nitrogen and oxygen atoms in total. The van der Waals surface area contributed by atoms with E-state index in [9.17, 15) is 5.11 Å². The number of allylic oxidation sites excluding steroid dienone is 1. The molecule has 0 saturated carbocycles. The van der Waals surface area contributed by atoms with Crippen molar-refractivity contribution in [2.75, 3.05) is 0 Å². The summed E-state index contributed by atoms with van der Waals surface area (Å²) >= 11 is 0. The van der Waals surface area contributed by atoms with E-state index in [4.69, 9.17) is 4.74 Å². The topological polar surface area (TPSA) is 29.5 Å². The van der Waals surface area contributed by atoms with Crippen LogP contribution in [0.4, 0.5) is 0 Å². The third kappa shape index (κ3) is 4.25. The summed E-state index contributed by atoms with van der Waals surface area (Å²) in [6, 6.07) is 17.7. The Kier molecular flexibility index (Phi) is 5.39. The highest BCUT2D eigenvalue weighted by Gasteiger charge is 2.06. The number of hydrogen-bond donors (Lipinski definition) is 1. The standard InChI is InChI=1S/C18H20O2/c1-2-3-9-18(19)16-10-12-17(13-11-16)20-14-15-7-5-4-6-8-15/h2,4-8,10-13,18-19H,1,3,9,14H2. The van der Waals surface area contributed by atoms with Gasteiger partial charge >= 0.3 is 0 Å². The smallest absolute Gasteiger partial charge is 0.119 e. The molecule has 2 rings (SSSR count). The van der Waals surface area contributed by atoms with Crippen molar-refractivity contribution in [1.29, 1.82) is 0 Å². The van der Waals surface area contributed by atoms with Gasteiger partial charge in [-0.3, -0.25) is 0 Å². The zero-order valence-corrected chi connectivity index (χ0v) is 11.5. The minimum absolute atomic E-state index is 0.434. The minimum atomic E-state index is -0.434. The first-order valence-electron chi connectivity index (χ1n) is 6.85. The fraction of sp³-hybridized carbons (Fsp3) is 0.222. The average Bonchev–Trinajstić information content (AvgIpc) is 2.52. The van der Waals surface area contributed by atoms with Crippen LogP contribution in [-0.4, -0.2) is 5.11 Å². The summed E-state index contributed by atoms with van der Waals surface area (Å²) in [6.07, 6.45) is 2.90. The molecule has 0 aliphatic carbocycles. The van der Waals surface area contributed by atoms with Crippen LogP contribution in [0.15, 0.2) is 67.3 Å². The molecule has 0 aliphatic rings. The molecule has 0 aromatic heterocycles. The average molecular weight is 268 g/mol. The van der Waals surface area contributed by atoms with Gasteiger partial charge in [0.25, 0.3) is 0 Å². The predicted octanol–water partition coefficient (Wildman–Crippen LogP) is 4.27. The third-order valence-electron chi connectivity index (χ3n) is 3.16. The van der Waals surface area contributed by atoms with Crippen LogP contribution in [0.3, 0.4) is 0 Å². The zero-order chi connectivity index (χ0) is 14.2. The van der Waals surface area contributed by atoms with Gasteiger partial charge in [0.1, 0.15) is 12.4 Å². The Labute approximate surface area is 120 Å². The molecule has 1 atom stereocenters. The van der Waals surface area contributed by atoms with E-state index in [1.54, 1.807) is 0 Å². The number of aliphatic hydroxyl groups is 1. The maximum Gasteiger partial charge on any atom is 0.119 e. The Morgan fingerprint density at radius 3 is 2.40 bits per heavy atom. The second kappa shape index (κ2) is 7.51. The highest BCUT2D eigenvalue weighted by atomic mass is 16.5. The van der Waals surface area contributed by atoms with Gasteiger partial charge in [-0.25, -0.2) is 0 Å². The molecule has 2 aromatic carbocycles. The van der Waals surface area contributed by atoms with E-state index >= 15 is 0 Å². The summed E-state index contributed by atoms with van der Waals surface area (Å²) in [5, 5.41) is 9.96. The molecular formula is C18H20O2. The lowest BCUT2D eigenvalue weighted by Crippen LogP contribution is -1.98. The van der Waals surface area contributed by atoms with Crippen LogP contribution < -0.4 is 4.74 Å². The second-order valence-corrected chi connectivity index (χ2v) is 4.73. The summed E-state index contributed by atoms with van der Waals surface area (Å²) in [5.41, 5.74) is 2.06. The molecule has 20 heavy (non-hydrogen) atoms. The number of aliphatic hydroxyl groups excluding tert-OH is 1. The molecule has 0 fully saturated rings. The number of hydrogen-bond acceptors (Lipinski definition) is 2. The van der Waals surface area contributed by atoms with Crippen molar-refractivity contribution < 1.29 is 9.84 Å².